The fourth-order valence-electron chi connectivity index (χ4n) is 3.63. The number of aromatic carboxylic acids is 1. The number of carbonyl (C=O) groups is 1. The van der Waals surface area contributed by atoms with Crippen molar-refractivity contribution in [2.45, 2.75) is 19.3 Å². The highest BCUT2D eigenvalue weighted by molar-refractivity contribution is 5.93. The third-order valence-corrected chi connectivity index (χ3v) is 5.12. The van der Waals surface area contributed by atoms with Crippen molar-refractivity contribution in [3.05, 3.63) is 77.6 Å². The molecule has 0 radical (unpaired) electrons. The van der Waals surface area contributed by atoms with Crippen LogP contribution in [0.25, 0.3) is 11.1 Å². The van der Waals surface area contributed by atoms with E-state index in [4.69, 9.17) is 4.74 Å². The van der Waals surface area contributed by atoms with Gasteiger partial charge in [-0.25, -0.2) is 4.79 Å². The van der Waals surface area contributed by atoms with Crippen LogP contribution in [0.4, 0.5) is 5.69 Å². The molecule has 142 valence electrons. The minimum Gasteiger partial charge on any atom is -0.493 e. The van der Waals surface area contributed by atoms with Crippen molar-refractivity contribution in [2.24, 2.45) is 0 Å². The lowest BCUT2D eigenvalue weighted by Gasteiger charge is -2.27. The summed E-state index contributed by atoms with van der Waals surface area (Å²) in [5, 5.41) is 12.6. The lowest BCUT2D eigenvalue weighted by molar-refractivity contribution is 0.0697. The average molecular weight is 374 g/mol. The van der Waals surface area contributed by atoms with E-state index in [-0.39, 0.29) is 11.5 Å². The maximum atomic E-state index is 11.4. The molecule has 28 heavy (non-hydrogen) atoms. The van der Waals surface area contributed by atoms with Gasteiger partial charge in [0.1, 0.15) is 5.75 Å². The van der Waals surface area contributed by atoms with Gasteiger partial charge in [-0.05, 0) is 42.2 Å². The number of rotatable bonds is 5. The molecule has 0 saturated carbocycles. The van der Waals surface area contributed by atoms with Gasteiger partial charge in [0.05, 0.1) is 24.1 Å². The van der Waals surface area contributed by atoms with Gasteiger partial charge in [-0.1, -0.05) is 42.0 Å². The molecule has 5 nitrogen and oxygen atoms in total. The molecule has 1 aliphatic heterocycles. The third-order valence-electron chi connectivity index (χ3n) is 5.12. The van der Waals surface area contributed by atoms with E-state index in [1.54, 1.807) is 6.20 Å². The topological polar surface area (TPSA) is 71.5 Å². The molecular weight excluding hydrogens is 352 g/mol. The molecular formula is C23H22N2O3. The van der Waals surface area contributed by atoms with Crippen molar-refractivity contribution in [1.82, 2.24) is 4.98 Å². The van der Waals surface area contributed by atoms with Crippen molar-refractivity contribution in [3.8, 4) is 16.9 Å². The fourth-order valence-corrected chi connectivity index (χ4v) is 3.63. The minimum atomic E-state index is -0.958. The van der Waals surface area contributed by atoms with Gasteiger partial charge in [-0.2, -0.15) is 0 Å². The molecule has 3 aromatic rings. The average Bonchev–Trinajstić information content (AvgIpc) is 2.72. The van der Waals surface area contributed by atoms with E-state index in [2.05, 4.69) is 59.7 Å². The Morgan fingerprint density at radius 3 is 2.89 bits per heavy atom. The third kappa shape index (κ3) is 3.69. The second-order valence-corrected chi connectivity index (χ2v) is 7.06. The zero-order chi connectivity index (χ0) is 19.5. The number of pyridine rings is 1. The standard InChI is InChI=1S/C23H22N2O3/c1-15-3-2-4-16(11-15)17-5-6-19-18(8-10-28-22(19)12-17)13-25-21-14-24-9-7-20(21)23(26)27/h2-7,9,11-12,14,18,25H,8,10,13H2,1H3,(H,26,27). The van der Waals surface area contributed by atoms with E-state index < -0.39 is 5.97 Å². The smallest absolute Gasteiger partial charge is 0.337 e. The molecule has 4 rings (SSSR count). The lowest BCUT2D eigenvalue weighted by Crippen LogP contribution is -2.21. The Bertz CT molecular complexity index is 1020. The molecule has 1 unspecified atom stereocenters. The minimum absolute atomic E-state index is 0.233. The largest absolute Gasteiger partial charge is 0.493 e. The molecule has 5 heteroatoms. The summed E-state index contributed by atoms with van der Waals surface area (Å²) in [7, 11) is 0. The monoisotopic (exact) mass is 374 g/mol. The molecule has 2 aromatic carbocycles. The first kappa shape index (κ1) is 18.0. The maximum absolute atomic E-state index is 11.4. The predicted molar refractivity (Wildman–Crippen MR) is 109 cm³/mol. The van der Waals surface area contributed by atoms with Crippen molar-refractivity contribution in [3.63, 3.8) is 0 Å². The number of aryl methyl sites for hydroxylation is 1. The highest BCUT2D eigenvalue weighted by atomic mass is 16.5. The number of benzene rings is 2. The van der Waals surface area contributed by atoms with Crippen LogP contribution in [0, 0.1) is 6.92 Å². The van der Waals surface area contributed by atoms with E-state index in [1.165, 1.54) is 23.4 Å². The Labute approximate surface area is 164 Å². The Kier molecular flexibility index (Phi) is 4.98. The van der Waals surface area contributed by atoms with Gasteiger partial charge in [0.2, 0.25) is 0 Å². The molecule has 1 atom stereocenters. The molecule has 0 amide bonds. The van der Waals surface area contributed by atoms with E-state index in [9.17, 15) is 9.90 Å². The van der Waals surface area contributed by atoms with E-state index >= 15 is 0 Å². The summed E-state index contributed by atoms with van der Waals surface area (Å²) in [4.78, 5) is 15.4. The Morgan fingerprint density at radius 1 is 1.21 bits per heavy atom. The number of carboxylic acid groups (broad SMARTS) is 1. The zero-order valence-electron chi connectivity index (χ0n) is 15.7. The Morgan fingerprint density at radius 2 is 2.07 bits per heavy atom. The van der Waals surface area contributed by atoms with Gasteiger partial charge in [0.25, 0.3) is 0 Å². The summed E-state index contributed by atoms with van der Waals surface area (Å²) in [6.07, 6.45) is 3.93. The second kappa shape index (κ2) is 7.72. The highest BCUT2D eigenvalue weighted by Gasteiger charge is 2.22. The van der Waals surface area contributed by atoms with Crippen molar-refractivity contribution in [1.29, 1.82) is 0 Å². The second-order valence-electron chi connectivity index (χ2n) is 7.06. The molecule has 1 aromatic heterocycles. The number of anilines is 1. The zero-order valence-corrected chi connectivity index (χ0v) is 15.7. The number of ether oxygens (including phenoxy) is 1. The molecule has 1 aliphatic rings. The van der Waals surface area contributed by atoms with Crippen molar-refractivity contribution >= 4 is 11.7 Å². The van der Waals surface area contributed by atoms with E-state index in [0.29, 0.717) is 18.8 Å². The number of nitrogens with one attached hydrogen (secondary N) is 1. The maximum Gasteiger partial charge on any atom is 0.337 e. The summed E-state index contributed by atoms with van der Waals surface area (Å²) in [6.45, 7) is 3.37. The first-order valence-corrected chi connectivity index (χ1v) is 9.37. The van der Waals surface area contributed by atoms with Gasteiger partial charge in [0, 0.05) is 18.7 Å². The fraction of sp³-hybridized carbons (Fsp3) is 0.217. The summed E-state index contributed by atoms with van der Waals surface area (Å²) in [5.74, 6) is 0.193. The van der Waals surface area contributed by atoms with Crippen LogP contribution in [0.3, 0.4) is 0 Å². The summed E-state index contributed by atoms with van der Waals surface area (Å²) in [6, 6.07) is 16.3. The first-order chi connectivity index (χ1) is 13.6. The summed E-state index contributed by atoms with van der Waals surface area (Å²) in [5.41, 5.74) is 5.46. The quantitative estimate of drug-likeness (QED) is 0.675. The van der Waals surface area contributed by atoms with Crippen LogP contribution in [-0.4, -0.2) is 29.2 Å². The van der Waals surface area contributed by atoms with Gasteiger partial charge in [0.15, 0.2) is 0 Å². The van der Waals surface area contributed by atoms with Crippen LogP contribution >= 0.6 is 0 Å². The van der Waals surface area contributed by atoms with E-state index in [0.717, 1.165) is 23.3 Å². The first-order valence-electron chi connectivity index (χ1n) is 9.37. The summed E-state index contributed by atoms with van der Waals surface area (Å²) >= 11 is 0. The van der Waals surface area contributed by atoms with Gasteiger partial charge >= 0.3 is 5.97 Å². The van der Waals surface area contributed by atoms with Crippen LogP contribution in [0.5, 0.6) is 5.75 Å². The van der Waals surface area contributed by atoms with Crippen LogP contribution in [0.2, 0.25) is 0 Å². The van der Waals surface area contributed by atoms with Crippen LogP contribution in [-0.2, 0) is 0 Å². The van der Waals surface area contributed by atoms with E-state index in [1.807, 2.05) is 0 Å². The number of aromatic nitrogens is 1. The summed E-state index contributed by atoms with van der Waals surface area (Å²) < 4.78 is 5.93. The molecule has 2 N–H and O–H groups in total. The molecule has 2 heterocycles. The Balaban J connectivity index is 1.55. The predicted octanol–water partition coefficient (Wildman–Crippen LogP) is 4.73. The number of fused-ring (bicyclic) bond motifs is 1. The van der Waals surface area contributed by atoms with Gasteiger partial charge < -0.3 is 15.2 Å². The highest BCUT2D eigenvalue weighted by Crippen LogP contribution is 2.37. The van der Waals surface area contributed by atoms with Gasteiger partial charge in [-0.3, -0.25) is 4.98 Å². The number of nitrogens with zero attached hydrogens (tertiary/aromatic N) is 1. The lowest BCUT2D eigenvalue weighted by atomic mass is 9.90. The SMILES string of the molecule is Cc1cccc(-c2ccc3c(c2)OCCC3CNc2cnccc2C(=O)O)c1. The van der Waals surface area contributed by atoms with Crippen LogP contribution < -0.4 is 10.1 Å². The van der Waals surface area contributed by atoms with Crippen LogP contribution in [0.1, 0.15) is 33.8 Å². The number of carboxylic acids is 1. The molecule has 0 aliphatic carbocycles. The molecule has 0 fully saturated rings. The molecule has 0 spiro atoms. The number of hydrogen-bond donors (Lipinski definition) is 2. The molecule has 0 bridgehead atoms. The van der Waals surface area contributed by atoms with Crippen molar-refractivity contribution in [2.75, 3.05) is 18.5 Å². The van der Waals surface area contributed by atoms with Crippen molar-refractivity contribution < 1.29 is 14.6 Å². The van der Waals surface area contributed by atoms with Gasteiger partial charge in [-0.15, -0.1) is 0 Å². The normalized spacial score (nSPS) is 15.4. The van der Waals surface area contributed by atoms with Crippen LogP contribution in [0.15, 0.2) is 60.9 Å². The Hall–Kier alpha value is -3.34. The number of hydrogen-bond acceptors (Lipinski definition) is 4. The molecule has 0 saturated heterocycles.